The van der Waals surface area contributed by atoms with Crippen molar-refractivity contribution in [3.8, 4) is 103 Å². The van der Waals surface area contributed by atoms with Crippen molar-refractivity contribution in [2.24, 2.45) is 0 Å². The van der Waals surface area contributed by atoms with Gasteiger partial charge in [0.2, 0.25) is 0 Å². The maximum absolute atomic E-state index is 14.0. The van der Waals surface area contributed by atoms with E-state index >= 15 is 0 Å². The zero-order chi connectivity index (χ0) is 94.6. The van der Waals surface area contributed by atoms with E-state index in [2.05, 4.69) is 67.6 Å². The quantitative estimate of drug-likeness (QED) is 0.0196. The zero-order valence-corrected chi connectivity index (χ0v) is 81.9. The van der Waals surface area contributed by atoms with Crippen molar-refractivity contribution < 1.29 is 57.0 Å². The Balaban J connectivity index is 0.637. The summed E-state index contributed by atoms with van der Waals surface area (Å²) in [5.74, 6) is 7.48. The number of hydrogen-bond donors (Lipinski definition) is 0. The molecule has 0 unspecified atom stereocenters. The molecule has 0 aliphatic rings. The summed E-state index contributed by atoms with van der Waals surface area (Å²) >= 11 is 0. The molecule has 11 aromatic rings. The lowest BCUT2D eigenvalue weighted by Gasteiger charge is -2.15. The molecule has 0 bridgehead atoms. The summed E-state index contributed by atoms with van der Waals surface area (Å²) in [7, 11) is 0. The predicted molar refractivity (Wildman–Crippen MR) is 545 cm³/mol. The summed E-state index contributed by atoms with van der Waals surface area (Å²) in [4.78, 5) is 65.4. The molecule has 0 saturated carbocycles. The molecule has 0 N–H and O–H groups in total. The van der Waals surface area contributed by atoms with E-state index < -0.39 is 11.9 Å². The maximum Gasteiger partial charge on any atom is 0.343 e. The third-order valence-electron chi connectivity index (χ3n) is 24.4. The van der Waals surface area contributed by atoms with Crippen molar-refractivity contribution in [3.05, 3.63) is 241 Å². The lowest BCUT2D eigenvalue weighted by Crippen LogP contribution is -2.11. The minimum atomic E-state index is -0.588. The van der Waals surface area contributed by atoms with Crippen LogP contribution in [0.4, 0.5) is 0 Å². The Morgan fingerprint density at radius 1 is 0.199 bits per heavy atom. The van der Waals surface area contributed by atoms with Gasteiger partial charge in [0, 0.05) is 71.8 Å². The number of carbonyl (C=O) groups excluding carboxylic acids is 2. The number of rotatable bonds is 72. The fourth-order valence-electron chi connectivity index (χ4n) is 16.1. The maximum atomic E-state index is 14.0. The van der Waals surface area contributed by atoms with Crippen LogP contribution in [0.25, 0.3) is 45.6 Å². The van der Waals surface area contributed by atoms with E-state index in [4.69, 9.17) is 47.4 Å². The number of aryl methyl sites for hydroxylation is 4. The van der Waals surface area contributed by atoms with E-state index in [-0.39, 0.29) is 22.6 Å². The predicted octanol–water partition coefficient (Wildman–Crippen LogP) is 29.6. The molecular formula is C116H150N8O12. The molecule has 11 rings (SSSR count). The van der Waals surface area contributed by atoms with Gasteiger partial charge < -0.3 is 47.4 Å². The molecule has 726 valence electrons. The van der Waals surface area contributed by atoms with E-state index in [1.54, 1.807) is 60.7 Å². The second-order valence-corrected chi connectivity index (χ2v) is 35.8. The molecule has 136 heavy (non-hydrogen) atoms. The Hall–Kier alpha value is -11.8. The first-order chi connectivity index (χ1) is 67.1. The lowest BCUT2D eigenvalue weighted by atomic mass is 10.1. The molecule has 4 heterocycles. The van der Waals surface area contributed by atoms with E-state index in [0.29, 0.717) is 87.5 Å². The van der Waals surface area contributed by atoms with Crippen LogP contribution in [0.2, 0.25) is 0 Å². The Kier molecular flexibility index (Phi) is 48.9. The van der Waals surface area contributed by atoms with Crippen LogP contribution in [-0.2, 0) is 25.7 Å². The third-order valence-corrected chi connectivity index (χ3v) is 24.4. The van der Waals surface area contributed by atoms with Crippen LogP contribution < -0.4 is 47.4 Å². The minimum absolute atomic E-state index is 0.263. The smallest absolute Gasteiger partial charge is 0.343 e. The van der Waals surface area contributed by atoms with Gasteiger partial charge in [-0.15, -0.1) is 0 Å². The molecule has 0 saturated heterocycles. The molecule has 0 atom stereocenters. The standard InChI is InChI=1S/C116H150N8O12/c1-5-9-13-17-21-33-45-91-83-117-111(118-84-91)95-49-59-101(60-50-95)127-73-37-25-29-41-77-131-107-71-57-99(81-109(107)133-79-43-31-27-39-75-129-103-63-53-97(54-64-103)113-121-87-93(88-122-113)47-35-23-19-15-11-7-3)115(125)135-105-67-69-106(70-68-105)136-116(126)100-58-72-108(132-78-42-30-26-38-74-128-102-61-51-96(52-62-102)112-119-85-92(86-120-112)46-34-22-18-14-10-6-2)110(82-100)134-80-44-32-28-40-76-130-104-65-55-98(56-66-104)114-123-89-94(90-124-114)48-36-24-20-16-12-8-4/h49-72,81-90H,5-48,73-80H2,1-4H3. The number of ether oxygens (including phenoxy) is 10. The Labute approximate surface area is 810 Å². The van der Waals surface area contributed by atoms with Crippen molar-refractivity contribution in [3.63, 3.8) is 0 Å². The largest absolute Gasteiger partial charge is 0.494 e. The van der Waals surface area contributed by atoms with E-state index in [1.807, 2.05) is 147 Å². The number of esters is 2. The Morgan fingerprint density at radius 2 is 0.390 bits per heavy atom. The number of benzene rings is 7. The van der Waals surface area contributed by atoms with Gasteiger partial charge in [0.1, 0.15) is 34.5 Å². The Bertz CT molecular complexity index is 4750. The molecular weight excluding hydrogens is 1700 g/mol. The summed E-state index contributed by atoms with van der Waals surface area (Å²) in [6.45, 7) is 13.1. The second kappa shape index (κ2) is 63.5. The van der Waals surface area contributed by atoms with Crippen molar-refractivity contribution in [2.75, 3.05) is 52.9 Å². The van der Waals surface area contributed by atoms with Crippen LogP contribution in [0.5, 0.6) is 57.5 Å². The van der Waals surface area contributed by atoms with Gasteiger partial charge in [-0.25, -0.2) is 49.5 Å². The van der Waals surface area contributed by atoms with Gasteiger partial charge in [0.15, 0.2) is 46.3 Å². The minimum Gasteiger partial charge on any atom is -0.494 e. The third kappa shape index (κ3) is 39.9. The van der Waals surface area contributed by atoms with Crippen molar-refractivity contribution in [2.45, 2.75) is 310 Å². The molecule has 20 nitrogen and oxygen atoms in total. The monoisotopic (exact) mass is 1850 g/mol. The average molecular weight is 1850 g/mol. The fourth-order valence-corrected chi connectivity index (χ4v) is 16.1. The molecule has 20 heteroatoms. The van der Waals surface area contributed by atoms with E-state index in [9.17, 15) is 9.59 Å². The summed E-state index contributed by atoms with van der Waals surface area (Å²) in [5.41, 5.74) is 9.15. The first-order valence-corrected chi connectivity index (χ1v) is 51.7. The lowest BCUT2D eigenvalue weighted by molar-refractivity contribution is 0.0719. The van der Waals surface area contributed by atoms with E-state index in [0.717, 1.165) is 185 Å². The van der Waals surface area contributed by atoms with Crippen LogP contribution in [0.15, 0.2) is 207 Å². The summed E-state index contributed by atoms with van der Waals surface area (Å²) < 4.78 is 62.1. The van der Waals surface area contributed by atoms with Gasteiger partial charge in [-0.3, -0.25) is 0 Å². The molecule has 0 aliphatic heterocycles. The molecule has 0 aliphatic carbocycles. The summed E-state index contributed by atoms with van der Waals surface area (Å²) in [6, 6.07) is 48.7. The van der Waals surface area contributed by atoms with Crippen LogP contribution >= 0.6 is 0 Å². The van der Waals surface area contributed by atoms with Crippen LogP contribution in [0, 0.1) is 0 Å². The van der Waals surface area contributed by atoms with Crippen LogP contribution in [-0.4, -0.2) is 105 Å². The number of nitrogens with zero attached hydrogens (tertiary/aromatic N) is 8. The topological polar surface area (TPSA) is 230 Å². The van der Waals surface area contributed by atoms with Gasteiger partial charge in [-0.05, 0) is 334 Å². The highest BCUT2D eigenvalue weighted by Crippen LogP contribution is 2.35. The fraction of sp³-hybridized carbons (Fsp3) is 0.483. The molecule has 0 spiro atoms. The van der Waals surface area contributed by atoms with Crippen LogP contribution in [0.3, 0.4) is 0 Å². The van der Waals surface area contributed by atoms with Crippen molar-refractivity contribution in [1.29, 1.82) is 0 Å². The van der Waals surface area contributed by atoms with Crippen molar-refractivity contribution in [1.82, 2.24) is 39.9 Å². The molecule has 4 aromatic heterocycles. The van der Waals surface area contributed by atoms with Gasteiger partial charge >= 0.3 is 11.9 Å². The highest BCUT2D eigenvalue weighted by molar-refractivity contribution is 5.93. The number of unbranched alkanes of at least 4 members (excludes halogenated alkanes) is 32. The number of carbonyl (C=O) groups is 2. The SMILES string of the molecule is CCCCCCCCc1cnc(-c2ccc(OCCCCCCOc3ccc(C(=O)Oc4ccc(OC(=O)c5ccc(OCCCCCCOc6ccc(-c7ncc(CCCCCCCC)cn7)cc6)c(OCCCCCCOc6ccc(-c7ncc(CCCCCCCC)cn7)cc6)c5)cc4)cc3OCCCCCCOc3ccc(-c4ncc(CCCCCCCC)cn4)cc3)cc2)nc1. The van der Waals surface area contributed by atoms with Gasteiger partial charge in [0.05, 0.1) is 64.0 Å². The first-order valence-electron chi connectivity index (χ1n) is 51.7. The highest BCUT2D eigenvalue weighted by atomic mass is 16.5. The van der Waals surface area contributed by atoms with E-state index in [1.165, 1.54) is 176 Å². The summed E-state index contributed by atoms with van der Waals surface area (Å²) in [5, 5.41) is 0. The zero-order valence-electron chi connectivity index (χ0n) is 81.9. The van der Waals surface area contributed by atoms with Gasteiger partial charge in [-0.1, -0.05) is 156 Å². The second-order valence-electron chi connectivity index (χ2n) is 35.8. The highest BCUT2D eigenvalue weighted by Gasteiger charge is 2.20. The van der Waals surface area contributed by atoms with Gasteiger partial charge in [0.25, 0.3) is 0 Å². The molecule has 0 amide bonds. The normalized spacial score (nSPS) is 11.2. The average Bonchev–Trinajstić information content (AvgIpc) is 0.823. The summed E-state index contributed by atoms with van der Waals surface area (Å²) in [6.07, 6.45) is 64.4. The molecule has 0 radical (unpaired) electrons. The number of hydrogen-bond acceptors (Lipinski definition) is 20. The molecule has 7 aromatic carbocycles. The van der Waals surface area contributed by atoms with Crippen LogP contribution in [0.1, 0.15) is 327 Å². The van der Waals surface area contributed by atoms with Gasteiger partial charge in [-0.2, -0.15) is 0 Å². The van der Waals surface area contributed by atoms with Crippen molar-refractivity contribution >= 4 is 11.9 Å². The first kappa shape index (κ1) is 105. The number of aromatic nitrogens is 8. The Morgan fingerprint density at radius 3 is 0.618 bits per heavy atom. The molecule has 0 fully saturated rings.